The molecule has 0 saturated heterocycles. The standard InChI is InChI=1S/C21H25NO3/c1-15(21(23)22-19-9-5-6-16(12-19)14-24-2)25-20-11-10-17-7-3-4-8-18(17)13-20/h5-6,9-13,15H,3-4,7-8,14H2,1-2H3,(H,22,23)/t15-/m0/s1. The molecule has 0 unspecified atom stereocenters. The Morgan fingerprint density at radius 1 is 1.12 bits per heavy atom. The number of anilines is 1. The lowest BCUT2D eigenvalue weighted by molar-refractivity contribution is -0.122. The van der Waals surface area contributed by atoms with Crippen molar-refractivity contribution < 1.29 is 14.3 Å². The van der Waals surface area contributed by atoms with Crippen LogP contribution in [-0.2, 0) is 29.0 Å². The van der Waals surface area contributed by atoms with Gasteiger partial charge in [0, 0.05) is 12.8 Å². The second-order valence-corrected chi connectivity index (χ2v) is 6.52. The molecule has 0 aromatic heterocycles. The maximum Gasteiger partial charge on any atom is 0.265 e. The molecule has 4 nitrogen and oxygen atoms in total. The third kappa shape index (κ3) is 4.60. The summed E-state index contributed by atoms with van der Waals surface area (Å²) in [7, 11) is 1.65. The number of fused-ring (bicyclic) bond motifs is 1. The quantitative estimate of drug-likeness (QED) is 0.861. The van der Waals surface area contributed by atoms with Gasteiger partial charge in [0.2, 0.25) is 0 Å². The average Bonchev–Trinajstić information content (AvgIpc) is 2.62. The number of rotatable bonds is 6. The van der Waals surface area contributed by atoms with E-state index in [2.05, 4.69) is 17.4 Å². The van der Waals surface area contributed by atoms with E-state index in [0.29, 0.717) is 6.61 Å². The lowest BCUT2D eigenvalue weighted by Gasteiger charge is -2.19. The summed E-state index contributed by atoms with van der Waals surface area (Å²) in [6.45, 7) is 2.29. The number of carbonyl (C=O) groups excluding carboxylic acids is 1. The van der Waals surface area contributed by atoms with Crippen molar-refractivity contribution in [3.63, 3.8) is 0 Å². The summed E-state index contributed by atoms with van der Waals surface area (Å²) in [5.74, 6) is 0.601. The van der Waals surface area contributed by atoms with E-state index in [9.17, 15) is 4.79 Å². The molecule has 1 amide bonds. The van der Waals surface area contributed by atoms with Crippen LogP contribution in [0.25, 0.3) is 0 Å². The Morgan fingerprint density at radius 2 is 1.92 bits per heavy atom. The van der Waals surface area contributed by atoms with E-state index in [0.717, 1.165) is 29.8 Å². The molecule has 1 aliphatic rings. The second-order valence-electron chi connectivity index (χ2n) is 6.52. The van der Waals surface area contributed by atoms with Crippen molar-refractivity contribution >= 4 is 11.6 Å². The molecular weight excluding hydrogens is 314 g/mol. The molecule has 3 rings (SSSR count). The van der Waals surface area contributed by atoms with Crippen LogP contribution < -0.4 is 10.1 Å². The predicted octanol–water partition coefficient (Wildman–Crippen LogP) is 4.12. The van der Waals surface area contributed by atoms with Gasteiger partial charge in [0.1, 0.15) is 5.75 Å². The van der Waals surface area contributed by atoms with E-state index in [-0.39, 0.29) is 5.91 Å². The highest BCUT2D eigenvalue weighted by Gasteiger charge is 2.16. The summed E-state index contributed by atoms with van der Waals surface area (Å²) in [5.41, 5.74) is 4.53. The third-order valence-corrected chi connectivity index (χ3v) is 4.51. The average molecular weight is 339 g/mol. The molecular formula is C21H25NO3. The van der Waals surface area contributed by atoms with Gasteiger partial charge < -0.3 is 14.8 Å². The lowest BCUT2D eigenvalue weighted by Crippen LogP contribution is -2.30. The zero-order valence-electron chi connectivity index (χ0n) is 14.9. The summed E-state index contributed by atoms with van der Waals surface area (Å²) in [6, 6.07) is 13.8. The van der Waals surface area contributed by atoms with Gasteiger partial charge in [-0.25, -0.2) is 0 Å². The number of aryl methyl sites for hydroxylation is 2. The Morgan fingerprint density at radius 3 is 2.72 bits per heavy atom. The molecule has 0 spiro atoms. The van der Waals surface area contributed by atoms with Crippen molar-refractivity contribution in [1.29, 1.82) is 0 Å². The molecule has 1 aliphatic carbocycles. The maximum absolute atomic E-state index is 12.4. The first-order valence-electron chi connectivity index (χ1n) is 8.83. The van der Waals surface area contributed by atoms with Crippen molar-refractivity contribution in [2.24, 2.45) is 0 Å². The third-order valence-electron chi connectivity index (χ3n) is 4.51. The van der Waals surface area contributed by atoms with Crippen molar-refractivity contribution in [2.75, 3.05) is 12.4 Å². The number of benzene rings is 2. The smallest absolute Gasteiger partial charge is 0.265 e. The number of hydrogen-bond acceptors (Lipinski definition) is 3. The van der Waals surface area contributed by atoms with Gasteiger partial charge in [-0.2, -0.15) is 0 Å². The van der Waals surface area contributed by atoms with Gasteiger partial charge in [0.25, 0.3) is 5.91 Å². The normalized spacial score (nSPS) is 14.5. The van der Waals surface area contributed by atoms with Crippen LogP contribution in [0, 0.1) is 0 Å². The summed E-state index contributed by atoms with van der Waals surface area (Å²) in [5, 5.41) is 2.90. The SMILES string of the molecule is COCc1cccc(NC(=O)[C@H](C)Oc2ccc3c(c2)CCCC3)c1. The summed E-state index contributed by atoms with van der Waals surface area (Å²) in [4.78, 5) is 12.4. The molecule has 0 bridgehead atoms. The number of ether oxygens (including phenoxy) is 2. The van der Waals surface area contributed by atoms with Crippen molar-refractivity contribution in [2.45, 2.75) is 45.3 Å². The van der Waals surface area contributed by atoms with Crippen LogP contribution in [0.2, 0.25) is 0 Å². The minimum absolute atomic E-state index is 0.160. The summed E-state index contributed by atoms with van der Waals surface area (Å²) < 4.78 is 11.0. The van der Waals surface area contributed by atoms with Crippen molar-refractivity contribution in [1.82, 2.24) is 0 Å². The summed E-state index contributed by atoms with van der Waals surface area (Å²) in [6.07, 6.45) is 4.16. The minimum atomic E-state index is -0.562. The van der Waals surface area contributed by atoms with Crippen LogP contribution in [0.3, 0.4) is 0 Å². The van der Waals surface area contributed by atoms with Gasteiger partial charge in [-0.3, -0.25) is 4.79 Å². The van der Waals surface area contributed by atoms with E-state index in [1.807, 2.05) is 30.3 Å². The molecule has 2 aromatic rings. The number of amides is 1. The van der Waals surface area contributed by atoms with Crippen molar-refractivity contribution in [3.8, 4) is 5.75 Å². The number of hydrogen-bond donors (Lipinski definition) is 1. The van der Waals surface area contributed by atoms with Gasteiger partial charge >= 0.3 is 0 Å². The Bertz CT molecular complexity index is 742. The number of nitrogens with one attached hydrogen (secondary N) is 1. The molecule has 1 N–H and O–H groups in total. The Labute approximate surface area is 149 Å². The second kappa shape index (κ2) is 8.17. The van der Waals surface area contributed by atoms with Gasteiger partial charge in [0.05, 0.1) is 6.61 Å². The first kappa shape index (κ1) is 17.5. The first-order chi connectivity index (χ1) is 12.2. The van der Waals surface area contributed by atoms with Crippen LogP contribution in [0.4, 0.5) is 5.69 Å². The highest BCUT2D eigenvalue weighted by molar-refractivity contribution is 5.94. The van der Waals surface area contributed by atoms with Gasteiger partial charge in [-0.1, -0.05) is 18.2 Å². The molecule has 4 heteroatoms. The largest absolute Gasteiger partial charge is 0.481 e. The van der Waals surface area contributed by atoms with E-state index in [1.165, 1.54) is 24.0 Å². The highest BCUT2D eigenvalue weighted by atomic mass is 16.5. The number of carbonyl (C=O) groups is 1. The molecule has 0 saturated carbocycles. The van der Waals surface area contributed by atoms with E-state index in [4.69, 9.17) is 9.47 Å². The Balaban J connectivity index is 1.62. The molecule has 0 radical (unpaired) electrons. The Kier molecular flexibility index (Phi) is 5.71. The topological polar surface area (TPSA) is 47.6 Å². The zero-order valence-corrected chi connectivity index (χ0v) is 14.9. The monoisotopic (exact) mass is 339 g/mol. The van der Waals surface area contributed by atoms with E-state index < -0.39 is 6.10 Å². The van der Waals surface area contributed by atoms with E-state index >= 15 is 0 Å². The minimum Gasteiger partial charge on any atom is -0.481 e. The van der Waals surface area contributed by atoms with Crippen LogP contribution in [0.5, 0.6) is 5.75 Å². The highest BCUT2D eigenvalue weighted by Crippen LogP contribution is 2.26. The molecule has 0 fully saturated rings. The molecule has 25 heavy (non-hydrogen) atoms. The zero-order chi connectivity index (χ0) is 17.6. The van der Waals surface area contributed by atoms with Gasteiger partial charge in [-0.15, -0.1) is 0 Å². The van der Waals surface area contributed by atoms with Crippen molar-refractivity contribution in [3.05, 3.63) is 59.2 Å². The van der Waals surface area contributed by atoms with E-state index in [1.54, 1.807) is 14.0 Å². The molecule has 0 aliphatic heterocycles. The number of methoxy groups -OCH3 is 1. The van der Waals surface area contributed by atoms with Gasteiger partial charge in [-0.05, 0) is 73.6 Å². The van der Waals surface area contributed by atoms with Crippen LogP contribution in [-0.4, -0.2) is 19.1 Å². The fraction of sp³-hybridized carbons (Fsp3) is 0.381. The van der Waals surface area contributed by atoms with Crippen LogP contribution in [0.1, 0.15) is 36.5 Å². The summed E-state index contributed by atoms with van der Waals surface area (Å²) >= 11 is 0. The maximum atomic E-state index is 12.4. The molecule has 2 aromatic carbocycles. The first-order valence-corrected chi connectivity index (χ1v) is 8.83. The van der Waals surface area contributed by atoms with Gasteiger partial charge in [0.15, 0.2) is 6.10 Å². The van der Waals surface area contributed by atoms with Crippen LogP contribution >= 0.6 is 0 Å². The fourth-order valence-electron chi connectivity index (χ4n) is 3.19. The predicted molar refractivity (Wildman–Crippen MR) is 99.0 cm³/mol. The molecule has 132 valence electrons. The fourth-order valence-corrected chi connectivity index (χ4v) is 3.19. The lowest BCUT2D eigenvalue weighted by atomic mass is 9.92. The van der Waals surface area contributed by atoms with Crippen LogP contribution in [0.15, 0.2) is 42.5 Å². The molecule has 1 atom stereocenters. The Hall–Kier alpha value is -2.33. The molecule has 0 heterocycles.